The standard InChI is InChI=1S/C19H20BF3O2S/c1-18(2)19(3,4)25-20(24-18)13-7-12(8-15(22)9-13)11-26-17-6-5-14(21)10-16(17)23/h5-10H,11H2,1-4H3. The van der Waals surface area contributed by atoms with E-state index in [0.717, 1.165) is 6.07 Å². The predicted octanol–water partition coefficient (Wildman–Crippen LogP) is 4.70. The first-order chi connectivity index (χ1) is 12.1. The minimum absolute atomic E-state index is 0.313. The Morgan fingerprint density at radius 1 is 0.885 bits per heavy atom. The Kier molecular flexibility index (Phi) is 5.16. The zero-order valence-electron chi connectivity index (χ0n) is 15.1. The molecule has 26 heavy (non-hydrogen) atoms. The largest absolute Gasteiger partial charge is 0.494 e. The van der Waals surface area contributed by atoms with Gasteiger partial charge in [-0.2, -0.15) is 0 Å². The van der Waals surface area contributed by atoms with E-state index in [4.69, 9.17) is 9.31 Å². The van der Waals surface area contributed by atoms with Crippen molar-refractivity contribution in [1.82, 2.24) is 0 Å². The maximum Gasteiger partial charge on any atom is 0.494 e. The van der Waals surface area contributed by atoms with Crippen LogP contribution in [0.2, 0.25) is 0 Å². The van der Waals surface area contributed by atoms with E-state index < -0.39 is 35.8 Å². The maximum absolute atomic E-state index is 14.1. The topological polar surface area (TPSA) is 18.5 Å². The molecule has 0 atom stereocenters. The maximum atomic E-state index is 14.1. The van der Waals surface area contributed by atoms with Gasteiger partial charge in [-0.3, -0.25) is 0 Å². The second kappa shape index (κ2) is 6.95. The number of hydrogen-bond acceptors (Lipinski definition) is 3. The van der Waals surface area contributed by atoms with Crippen LogP contribution in [0.15, 0.2) is 41.3 Å². The minimum Gasteiger partial charge on any atom is -0.399 e. The van der Waals surface area contributed by atoms with Crippen LogP contribution < -0.4 is 5.46 Å². The Balaban J connectivity index is 1.78. The van der Waals surface area contributed by atoms with Crippen LogP contribution in [0.5, 0.6) is 0 Å². The van der Waals surface area contributed by atoms with Gasteiger partial charge >= 0.3 is 7.12 Å². The van der Waals surface area contributed by atoms with E-state index in [1.165, 1.54) is 36.0 Å². The lowest BCUT2D eigenvalue weighted by Crippen LogP contribution is -2.41. The first-order valence-electron chi connectivity index (χ1n) is 8.30. The second-order valence-corrected chi connectivity index (χ2v) is 8.36. The van der Waals surface area contributed by atoms with Crippen LogP contribution in [0.25, 0.3) is 0 Å². The SMILES string of the molecule is CC1(C)OB(c2cc(F)cc(CSc3ccc(F)cc3F)c2)OC1(C)C. The van der Waals surface area contributed by atoms with Crippen LogP contribution in [0.3, 0.4) is 0 Å². The van der Waals surface area contributed by atoms with Crippen molar-refractivity contribution < 1.29 is 22.5 Å². The molecular formula is C19H20BF3O2S. The van der Waals surface area contributed by atoms with E-state index in [9.17, 15) is 13.2 Å². The summed E-state index contributed by atoms with van der Waals surface area (Å²) in [6.07, 6.45) is 0. The molecular weight excluding hydrogens is 360 g/mol. The molecule has 0 aromatic heterocycles. The molecule has 0 bridgehead atoms. The summed E-state index contributed by atoms with van der Waals surface area (Å²) in [6.45, 7) is 7.72. The third kappa shape index (κ3) is 3.95. The summed E-state index contributed by atoms with van der Waals surface area (Å²) in [5.74, 6) is -1.32. The summed E-state index contributed by atoms with van der Waals surface area (Å²) < 4.78 is 52.7. The van der Waals surface area contributed by atoms with Gasteiger partial charge in [-0.05, 0) is 63.0 Å². The van der Waals surface area contributed by atoms with Crippen LogP contribution in [-0.4, -0.2) is 18.3 Å². The highest BCUT2D eigenvalue weighted by molar-refractivity contribution is 7.98. The Hall–Kier alpha value is -1.44. The van der Waals surface area contributed by atoms with E-state index in [-0.39, 0.29) is 0 Å². The van der Waals surface area contributed by atoms with Gasteiger partial charge in [0.2, 0.25) is 0 Å². The van der Waals surface area contributed by atoms with Gasteiger partial charge in [0.15, 0.2) is 0 Å². The van der Waals surface area contributed by atoms with Crippen molar-refractivity contribution in [3.63, 3.8) is 0 Å². The molecule has 0 spiro atoms. The molecule has 3 rings (SSSR count). The van der Waals surface area contributed by atoms with Crippen LogP contribution in [0, 0.1) is 17.5 Å². The number of thioether (sulfide) groups is 1. The van der Waals surface area contributed by atoms with Gasteiger partial charge in [0.25, 0.3) is 0 Å². The molecule has 1 heterocycles. The molecule has 1 fully saturated rings. The summed E-state index contributed by atoms with van der Waals surface area (Å²) in [5.41, 5.74) is 0.217. The monoisotopic (exact) mass is 380 g/mol. The van der Waals surface area contributed by atoms with Crippen LogP contribution in [0.1, 0.15) is 33.3 Å². The van der Waals surface area contributed by atoms with Gasteiger partial charge in [-0.15, -0.1) is 11.8 Å². The Labute approximate surface area is 156 Å². The van der Waals surface area contributed by atoms with Crippen molar-refractivity contribution in [1.29, 1.82) is 0 Å². The minimum atomic E-state index is -0.665. The molecule has 7 heteroatoms. The predicted molar refractivity (Wildman–Crippen MR) is 98.0 cm³/mol. The van der Waals surface area contributed by atoms with Gasteiger partial charge in [0.1, 0.15) is 17.5 Å². The van der Waals surface area contributed by atoms with E-state index in [2.05, 4.69) is 0 Å². The van der Waals surface area contributed by atoms with Gasteiger partial charge in [0.05, 0.1) is 11.2 Å². The van der Waals surface area contributed by atoms with Gasteiger partial charge in [0, 0.05) is 16.7 Å². The highest BCUT2D eigenvalue weighted by atomic mass is 32.2. The van der Waals surface area contributed by atoms with Crippen molar-refractivity contribution in [3.8, 4) is 0 Å². The molecule has 2 nitrogen and oxygen atoms in total. The highest BCUT2D eigenvalue weighted by Crippen LogP contribution is 2.36. The zero-order chi connectivity index (χ0) is 19.1. The molecule has 0 unspecified atom stereocenters. The first-order valence-corrected chi connectivity index (χ1v) is 9.29. The van der Waals surface area contributed by atoms with Crippen LogP contribution in [-0.2, 0) is 15.1 Å². The average molecular weight is 380 g/mol. The molecule has 0 saturated carbocycles. The van der Waals surface area contributed by atoms with Crippen molar-refractivity contribution in [2.45, 2.75) is 49.5 Å². The van der Waals surface area contributed by atoms with E-state index in [0.29, 0.717) is 21.7 Å². The van der Waals surface area contributed by atoms with Crippen LogP contribution in [0.4, 0.5) is 13.2 Å². The Bertz CT molecular complexity index is 810. The average Bonchev–Trinajstić information content (AvgIpc) is 2.74. The van der Waals surface area contributed by atoms with Crippen molar-refractivity contribution in [2.24, 2.45) is 0 Å². The fourth-order valence-electron chi connectivity index (χ4n) is 2.63. The third-order valence-corrected chi connectivity index (χ3v) is 5.91. The molecule has 2 aromatic rings. The lowest BCUT2D eigenvalue weighted by Gasteiger charge is -2.32. The molecule has 138 valence electrons. The quantitative estimate of drug-likeness (QED) is 0.566. The Morgan fingerprint density at radius 2 is 1.54 bits per heavy atom. The second-order valence-electron chi connectivity index (χ2n) is 7.34. The highest BCUT2D eigenvalue weighted by Gasteiger charge is 2.51. The molecule has 0 aliphatic carbocycles. The van der Waals surface area contributed by atoms with Gasteiger partial charge < -0.3 is 9.31 Å². The van der Waals surface area contributed by atoms with E-state index >= 15 is 0 Å². The summed E-state index contributed by atoms with van der Waals surface area (Å²) in [7, 11) is -0.665. The first kappa shape index (κ1) is 19.3. The van der Waals surface area contributed by atoms with Crippen molar-refractivity contribution >= 4 is 24.3 Å². The summed E-state index contributed by atoms with van der Waals surface area (Å²) in [6, 6.07) is 7.98. The summed E-state index contributed by atoms with van der Waals surface area (Å²) in [5, 5.41) is 0. The summed E-state index contributed by atoms with van der Waals surface area (Å²) in [4.78, 5) is 0.313. The molecule has 1 saturated heterocycles. The van der Waals surface area contributed by atoms with E-state index in [1.54, 1.807) is 6.07 Å². The number of hydrogen-bond donors (Lipinski definition) is 0. The van der Waals surface area contributed by atoms with Gasteiger partial charge in [-0.1, -0.05) is 6.07 Å². The normalized spacial score (nSPS) is 18.3. The third-order valence-electron chi connectivity index (χ3n) is 4.79. The fraction of sp³-hybridized carbons (Fsp3) is 0.368. The lowest BCUT2D eigenvalue weighted by atomic mass is 9.78. The molecule has 1 aliphatic heterocycles. The number of rotatable bonds is 4. The van der Waals surface area contributed by atoms with Crippen molar-refractivity contribution in [2.75, 3.05) is 0 Å². The van der Waals surface area contributed by atoms with Crippen LogP contribution >= 0.6 is 11.8 Å². The van der Waals surface area contributed by atoms with E-state index in [1.807, 2.05) is 27.7 Å². The number of benzene rings is 2. The molecule has 2 aromatic carbocycles. The molecule has 1 aliphatic rings. The number of halogens is 3. The molecule has 0 N–H and O–H groups in total. The molecule has 0 amide bonds. The molecule has 0 radical (unpaired) electrons. The lowest BCUT2D eigenvalue weighted by molar-refractivity contribution is 0.00578. The fourth-order valence-corrected chi connectivity index (χ4v) is 3.48. The van der Waals surface area contributed by atoms with Gasteiger partial charge in [-0.25, -0.2) is 13.2 Å². The smallest absolute Gasteiger partial charge is 0.399 e. The zero-order valence-corrected chi connectivity index (χ0v) is 15.9. The Morgan fingerprint density at radius 3 is 2.15 bits per heavy atom. The van der Waals surface area contributed by atoms with Crippen molar-refractivity contribution in [3.05, 3.63) is 59.4 Å². The summed E-state index contributed by atoms with van der Waals surface area (Å²) >= 11 is 1.18.